The van der Waals surface area contributed by atoms with E-state index in [2.05, 4.69) is 24.5 Å². The summed E-state index contributed by atoms with van der Waals surface area (Å²) in [4.78, 5) is 54.6. The number of alkyl carbamates (subject to hydrolysis) is 1. The average molecular weight is 536 g/mol. The summed E-state index contributed by atoms with van der Waals surface area (Å²) in [5, 5.41) is 5.59. The molecular weight excluding hydrogens is 490 g/mol. The first kappa shape index (κ1) is 29.9. The van der Waals surface area contributed by atoms with E-state index in [-0.39, 0.29) is 36.4 Å². The second kappa shape index (κ2) is 12.1. The fourth-order valence-electron chi connectivity index (χ4n) is 5.66. The summed E-state index contributed by atoms with van der Waals surface area (Å²) in [6, 6.07) is -2.60. The summed E-state index contributed by atoms with van der Waals surface area (Å²) >= 11 is 0. The normalized spacial score (nSPS) is 32.0. The Morgan fingerprint density at radius 1 is 1.21 bits per heavy atom. The van der Waals surface area contributed by atoms with Crippen LogP contribution in [-0.2, 0) is 28.6 Å². The van der Waals surface area contributed by atoms with Crippen LogP contribution in [0.5, 0.6) is 0 Å². The number of ether oxygens (including phenoxy) is 3. The Morgan fingerprint density at radius 3 is 2.58 bits per heavy atom. The molecule has 3 rings (SSSR count). The van der Waals surface area contributed by atoms with Crippen molar-refractivity contribution in [3.63, 3.8) is 0 Å². The number of hydrogen-bond acceptors (Lipinski definition) is 7. The molecule has 0 aromatic rings. The molecule has 1 saturated carbocycles. The Labute approximate surface area is 226 Å². The first-order chi connectivity index (χ1) is 17.8. The highest BCUT2D eigenvalue weighted by atomic mass is 16.6. The van der Waals surface area contributed by atoms with Crippen LogP contribution in [0.15, 0.2) is 12.2 Å². The van der Waals surface area contributed by atoms with Crippen molar-refractivity contribution in [1.82, 2.24) is 15.5 Å². The molecule has 2 fully saturated rings. The Hall–Kier alpha value is -2.62. The van der Waals surface area contributed by atoms with Gasteiger partial charge in [-0.3, -0.25) is 9.59 Å². The number of nitrogens with one attached hydrogen (secondary N) is 2. The Kier molecular flexibility index (Phi) is 9.49. The van der Waals surface area contributed by atoms with E-state index in [1.165, 1.54) is 0 Å². The van der Waals surface area contributed by atoms with E-state index in [4.69, 9.17) is 14.2 Å². The number of carbonyl (C=O) groups excluding carboxylic acids is 4. The zero-order valence-electron chi connectivity index (χ0n) is 23.9. The van der Waals surface area contributed by atoms with Crippen molar-refractivity contribution in [3.05, 3.63) is 12.2 Å². The van der Waals surface area contributed by atoms with E-state index in [0.717, 1.165) is 19.3 Å². The number of carbonyl (C=O) groups is 4. The van der Waals surface area contributed by atoms with Gasteiger partial charge in [-0.05, 0) is 71.1 Å². The molecule has 2 heterocycles. The Bertz CT molecular complexity index is 926. The van der Waals surface area contributed by atoms with Crippen molar-refractivity contribution in [3.8, 4) is 0 Å². The molecular formula is C28H45N3O7. The minimum atomic E-state index is -1.05. The molecule has 2 N–H and O–H groups in total. The van der Waals surface area contributed by atoms with Gasteiger partial charge in [-0.15, -0.1) is 0 Å². The van der Waals surface area contributed by atoms with Crippen LogP contribution in [0.25, 0.3) is 0 Å². The molecule has 1 aliphatic carbocycles. The first-order valence-corrected chi connectivity index (χ1v) is 13.8. The fourth-order valence-corrected chi connectivity index (χ4v) is 5.66. The van der Waals surface area contributed by atoms with Crippen LogP contribution in [0, 0.1) is 17.3 Å². The summed E-state index contributed by atoms with van der Waals surface area (Å²) in [5.41, 5.74) is -0.859. The predicted molar refractivity (Wildman–Crippen MR) is 141 cm³/mol. The molecule has 1 unspecified atom stereocenters. The molecule has 3 aliphatic rings. The molecule has 0 bridgehead atoms. The van der Waals surface area contributed by atoms with Gasteiger partial charge in [-0.2, -0.15) is 0 Å². The lowest BCUT2D eigenvalue weighted by atomic mass is 9.98. The molecule has 2 aliphatic heterocycles. The molecule has 214 valence electrons. The van der Waals surface area contributed by atoms with E-state index in [9.17, 15) is 19.2 Å². The largest absolute Gasteiger partial charge is 0.464 e. The lowest BCUT2D eigenvalue weighted by Crippen LogP contribution is -2.60. The van der Waals surface area contributed by atoms with Gasteiger partial charge >= 0.3 is 12.1 Å². The third-order valence-corrected chi connectivity index (χ3v) is 7.79. The third kappa shape index (κ3) is 7.07. The maximum absolute atomic E-state index is 14.0. The highest BCUT2D eigenvalue weighted by Gasteiger charge is 2.69. The maximum Gasteiger partial charge on any atom is 0.408 e. The molecule has 38 heavy (non-hydrogen) atoms. The summed E-state index contributed by atoms with van der Waals surface area (Å²) in [6.45, 7) is 13.8. The van der Waals surface area contributed by atoms with Crippen LogP contribution in [0.4, 0.5) is 4.79 Å². The number of piperidine rings is 1. The van der Waals surface area contributed by atoms with E-state index in [1.54, 1.807) is 39.5 Å². The van der Waals surface area contributed by atoms with Gasteiger partial charge < -0.3 is 29.7 Å². The molecule has 1 saturated heterocycles. The van der Waals surface area contributed by atoms with Gasteiger partial charge in [-0.1, -0.05) is 32.4 Å². The molecule has 10 heteroatoms. The van der Waals surface area contributed by atoms with Gasteiger partial charge in [0.1, 0.15) is 23.7 Å². The highest BCUT2D eigenvalue weighted by Crippen LogP contribution is 2.65. The van der Waals surface area contributed by atoms with Crippen LogP contribution >= 0.6 is 0 Å². The summed E-state index contributed by atoms with van der Waals surface area (Å²) in [5.74, 6) is -1.14. The van der Waals surface area contributed by atoms with Crippen LogP contribution in [0.2, 0.25) is 0 Å². The standard InChI is InChI=1S/C28H45N3O7/c1-8-36-25(34)19-14-12-10-9-11-13-15-37-17(2)21(30-26(35)38-27(3,4)5)24(33)31-16-18-20(28(18,6)7)22(31)23(32)29-19/h11,13,17-22H,8-10,12,14-16H2,1-7H3,(H,29,32)(H,30,35)/t17-,18-,19-,20?,21-,22-/m0/s1. The summed E-state index contributed by atoms with van der Waals surface area (Å²) in [6.07, 6.45) is 5.28. The zero-order chi connectivity index (χ0) is 28.3. The molecule has 3 amide bonds. The minimum Gasteiger partial charge on any atom is -0.464 e. The Morgan fingerprint density at radius 2 is 1.92 bits per heavy atom. The monoisotopic (exact) mass is 535 g/mol. The summed E-state index contributed by atoms with van der Waals surface area (Å²) in [7, 11) is 0. The molecule has 0 aromatic heterocycles. The number of esters is 1. The van der Waals surface area contributed by atoms with Gasteiger partial charge in [0, 0.05) is 6.54 Å². The van der Waals surface area contributed by atoms with Crippen molar-refractivity contribution in [1.29, 1.82) is 0 Å². The van der Waals surface area contributed by atoms with Crippen molar-refractivity contribution in [2.24, 2.45) is 17.3 Å². The van der Waals surface area contributed by atoms with Crippen LogP contribution in [-0.4, -0.2) is 78.4 Å². The Balaban J connectivity index is 1.91. The number of fused-ring (bicyclic) bond motifs is 3. The van der Waals surface area contributed by atoms with Crippen molar-refractivity contribution in [2.45, 2.75) is 104 Å². The van der Waals surface area contributed by atoms with Crippen LogP contribution in [0.1, 0.15) is 74.1 Å². The molecule has 0 spiro atoms. The van der Waals surface area contributed by atoms with Gasteiger partial charge in [-0.25, -0.2) is 9.59 Å². The van der Waals surface area contributed by atoms with Crippen LogP contribution < -0.4 is 10.6 Å². The molecule has 0 aromatic carbocycles. The zero-order valence-corrected chi connectivity index (χ0v) is 23.9. The fraction of sp³-hybridized carbons (Fsp3) is 0.786. The lowest BCUT2D eigenvalue weighted by Gasteiger charge is -2.35. The molecule has 0 radical (unpaired) electrons. The number of hydrogen-bond donors (Lipinski definition) is 2. The number of nitrogens with zero attached hydrogens (tertiary/aromatic N) is 1. The van der Waals surface area contributed by atoms with E-state index >= 15 is 0 Å². The van der Waals surface area contributed by atoms with E-state index in [1.807, 2.05) is 12.2 Å². The van der Waals surface area contributed by atoms with Crippen molar-refractivity contribution < 1.29 is 33.4 Å². The SMILES string of the molecule is CCOC(=O)[C@@H]1CCCCC=CCO[C@@H](C)[C@H](NC(=O)OC(C)(C)C)C(=O)N2C[C@H]3C([C@H]2C(=O)N1)C3(C)C. The van der Waals surface area contributed by atoms with Crippen molar-refractivity contribution >= 4 is 23.9 Å². The summed E-state index contributed by atoms with van der Waals surface area (Å²) < 4.78 is 16.6. The second-order valence-corrected chi connectivity index (χ2v) is 12.1. The van der Waals surface area contributed by atoms with Gasteiger partial charge in [0.15, 0.2) is 0 Å². The van der Waals surface area contributed by atoms with E-state index < -0.39 is 47.8 Å². The van der Waals surface area contributed by atoms with Gasteiger partial charge in [0.2, 0.25) is 11.8 Å². The molecule has 10 nitrogen and oxygen atoms in total. The van der Waals surface area contributed by atoms with Crippen LogP contribution in [0.3, 0.4) is 0 Å². The second-order valence-electron chi connectivity index (χ2n) is 12.1. The third-order valence-electron chi connectivity index (χ3n) is 7.79. The minimum absolute atomic E-state index is 0.0467. The van der Waals surface area contributed by atoms with Gasteiger partial charge in [0.25, 0.3) is 0 Å². The quantitative estimate of drug-likeness (QED) is 0.421. The first-order valence-electron chi connectivity index (χ1n) is 13.8. The van der Waals surface area contributed by atoms with Gasteiger partial charge in [0.05, 0.1) is 19.3 Å². The predicted octanol–water partition coefficient (Wildman–Crippen LogP) is 2.95. The lowest BCUT2D eigenvalue weighted by molar-refractivity contribution is -0.149. The van der Waals surface area contributed by atoms with E-state index in [0.29, 0.717) is 13.0 Å². The number of allylic oxidation sites excluding steroid dienone is 1. The smallest absolute Gasteiger partial charge is 0.408 e. The number of rotatable bonds is 3. The average Bonchev–Trinajstić information content (AvgIpc) is 3.15. The molecule has 6 atom stereocenters. The maximum atomic E-state index is 14.0. The topological polar surface area (TPSA) is 123 Å². The highest BCUT2D eigenvalue weighted by molar-refractivity contribution is 5.94. The number of amides is 3. The van der Waals surface area contributed by atoms with Crippen molar-refractivity contribution in [2.75, 3.05) is 19.8 Å².